The summed E-state index contributed by atoms with van der Waals surface area (Å²) in [4.78, 5) is 4.15. The molecule has 1 atom stereocenters. The van der Waals surface area contributed by atoms with Gasteiger partial charge in [0.25, 0.3) is 0 Å². The van der Waals surface area contributed by atoms with Gasteiger partial charge < -0.3 is 14.4 Å². The second-order valence-corrected chi connectivity index (χ2v) is 4.26. The lowest BCUT2D eigenvalue weighted by atomic mass is 10.2. The van der Waals surface area contributed by atoms with E-state index in [0.717, 1.165) is 12.2 Å². The molecule has 0 aliphatic heterocycles. The maximum absolute atomic E-state index is 9.72. The van der Waals surface area contributed by atoms with E-state index in [9.17, 15) is 5.11 Å². The van der Waals surface area contributed by atoms with Crippen LogP contribution in [0.2, 0.25) is 0 Å². The van der Waals surface area contributed by atoms with Crippen LogP contribution < -0.4 is 4.74 Å². The lowest BCUT2D eigenvalue weighted by Gasteiger charge is -2.03. The molecule has 0 radical (unpaired) electrons. The molecule has 19 heavy (non-hydrogen) atoms. The Bertz CT molecular complexity index is 484. The summed E-state index contributed by atoms with van der Waals surface area (Å²) >= 11 is 0. The molecule has 0 aliphatic carbocycles. The minimum Gasteiger partial charge on any atom is -0.493 e. The largest absolute Gasteiger partial charge is 0.493 e. The molecule has 0 aliphatic rings. The standard InChI is InChI=1S/C14H18N2O3/c1-2-6-12(17)14-15-13(19-16-14)9-10-18-11-7-4-3-5-8-11/h3-5,7-8,12,17H,2,6,9-10H2,1H3. The lowest BCUT2D eigenvalue weighted by molar-refractivity contribution is 0.152. The average molecular weight is 262 g/mol. The van der Waals surface area contributed by atoms with Gasteiger partial charge in [0.2, 0.25) is 5.89 Å². The van der Waals surface area contributed by atoms with Crippen LogP contribution in [0, 0.1) is 0 Å². The van der Waals surface area contributed by atoms with E-state index in [4.69, 9.17) is 9.26 Å². The van der Waals surface area contributed by atoms with Crippen LogP contribution in [-0.4, -0.2) is 21.9 Å². The topological polar surface area (TPSA) is 68.4 Å². The first-order chi connectivity index (χ1) is 9.29. The second-order valence-electron chi connectivity index (χ2n) is 4.26. The number of para-hydroxylation sites is 1. The third kappa shape index (κ3) is 4.06. The Morgan fingerprint density at radius 2 is 2.11 bits per heavy atom. The van der Waals surface area contributed by atoms with E-state index in [0.29, 0.717) is 31.2 Å². The van der Waals surface area contributed by atoms with Crippen LogP contribution >= 0.6 is 0 Å². The first-order valence-corrected chi connectivity index (χ1v) is 6.48. The van der Waals surface area contributed by atoms with Crippen LogP contribution in [0.4, 0.5) is 0 Å². The molecule has 0 bridgehead atoms. The van der Waals surface area contributed by atoms with Gasteiger partial charge in [0, 0.05) is 0 Å². The van der Waals surface area contributed by atoms with Gasteiger partial charge in [-0.15, -0.1) is 0 Å². The number of nitrogens with zero attached hydrogens (tertiary/aromatic N) is 2. The van der Waals surface area contributed by atoms with Gasteiger partial charge in [0.05, 0.1) is 13.0 Å². The Kier molecular flexibility index (Phi) is 4.92. The van der Waals surface area contributed by atoms with Crippen molar-refractivity contribution in [1.82, 2.24) is 10.1 Å². The predicted molar refractivity (Wildman–Crippen MR) is 69.8 cm³/mol. The molecule has 1 N–H and O–H groups in total. The van der Waals surface area contributed by atoms with Gasteiger partial charge in [-0.25, -0.2) is 0 Å². The number of benzene rings is 1. The summed E-state index contributed by atoms with van der Waals surface area (Å²) in [7, 11) is 0. The maximum atomic E-state index is 9.72. The van der Waals surface area contributed by atoms with Crippen molar-refractivity contribution in [2.75, 3.05) is 6.61 Å². The molecule has 5 heteroatoms. The van der Waals surface area contributed by atoms with Crippen molar-refractivity contribution in [2.45, 2.75) is 32.3 Å². The van der Waals surface area contributed by atoms with E-state index in [-0.39, 0.29) is 0 Å². The lowest BCUT2D eigenvalue weighted by Crippen LogP contribution is -2.03. The van der Waals surface area contributed by atoms with Gasteiger partial charge in [-0.2, -0.15) is 4.98 Å². The fraction of sp³-hybridized carbons (Fsp3) is 0.429. The fourth-order valence-corrected chi connectivity index (χ4v) is 1.68. The summed E-state index contributed by atoms with van der Waals surface area (Å²) in [6, 6.07) is 9.56. The number of hydrogen-bond acceptors (Lipinski definition) is 5. The normalized spacial score (nSPS) is 12.3. The highest BCUT2D eigenvalue weighted by molar-refractivity contribution is 5.20. The quantitative estimate of drug-likeness (QED) is 0.830. The monoisotopic (exact) mass is 262 g/mol. The van der Waals surface area contributed by atoms with Gasteiger partial charge >= 0.3 is 0 Å². The zero-order valence-electron chi connectivity index (χ0n) is 11.0. The van der Waals surface area contributed by atoms with Crippen LogP contribution in [0.1, 0.15) is 37.6 Å². The predicted octanol–water partition coefficient (Wildman–Crippen LogP) is 2.52. The molecule has 0 fully saturated rings. The molecule has 1 heterocycles. The van der Waals surface area contributed by atoms with Crippen LogP contribution in [0.3, 0.4) is 0 Å². The van der Waals surface area contributed by atoms with Gasteiger partial charge in [-0.1, -0.05) is 36.7 Å². The van der Waals surface area contributed by atoms with E-state index in [1.165, 1.54) is 0 Å². The Labute approximate surface area is 112 Å². The second kappa shape index (κ2) is 6.89. The molecule has 1 unspecified atom stereocenters. The van der Waals surface area contributed by atoms with Crippen molar-refractivity contribution in [2.24, 2.45) is 0 Å². The molecule has 2 aromatic rings. The molecule has 0 saturated heterocycles. The molecule has 2 rings (SSSR count). The van der Waals surface area contributed by atoms with E-state index >= 15 is 0 Å². The highest BCUT2D eigenvalue weighted by Crippen LogP contribution is 2.15. The van der Waals surface area contributed by atoms with Crippen molar-refractivity contribution in [3.05, 3.63) is 42.0 Å². The summed E-state index contributed by atoms with van der Waals surface area (Å²) in [5, 5.41) is 13.5. The molecular formula is C14H18N2O3. The number of aliphatic hydroxyl groups excluding tert-OH is 1. The van der Waals surface area contributed by atoms with Gasteiger partial charge in [-0.05, 0) is 18.6 Å². The summed E-state index contributed by atoms with van der Waals surface area (Å²) in [6.45, 7) is 2.47. The molecular weight excluding hydrogens is 244 g/mol. The zero-order chi connectivity index (χ0) is 13.5. The summed E-state index contributed by atoms with van der Waals surface area (Å²) in [6.07, 6.45) is 1.40. The number of aromatic nitrogens is 2. The first kappa shape index (κ1) is 13.5. The SMILES string of the molecule is CCCC(O)c1noc(CCOc2ccccc2)n1. The minimum absolute atomic E-state index is 0.358. The fourth-order valence-electron chi connectivity index (χ4n) is 1.68. The van der Waals surface area contributed by atoms with Crippen molar-refractivity contribution >= 4 is 0 Å². The summed E-state index contributed by atoms with van der Waals surface area (Å²) in [5.41, 5.74) is 0. The highest BCUT2D eigenvalue weighted by atomic mass is 16.5. The third-order valence-corrected chi connectivity index (χ3v) is 2.67. The van der Waals surface area contributed by atoms with Crippen LogP contribution in [0.5, 0.6) is 5.75 Å². The Balaban J connectivity index is 1.80. The first-order valence-electron chi connectivity index (χ1n) is 6.48. The van der Waals surface area contributed by atoms with Gasteiger partial charge in [0.15, 0.2) is 5.82 Å². The minimum atomic E-state index is -0.641. The molecule has 102 valence electrons. The van der Waals surface area contributed by atoms with Crippen LogP contribution in [0.25, 0.3) is 0 Å². The Hall–Kier alpha value is -1.88. The number of ether oxygens (including phenoxy) is 1. The molecule has 1 aromatic heterocycles. The summed E-state index contributed by atoms with van der Waals surface area (Å²) in [5.74, 6) is 1.66. The van der Waals surface area contributed by atoms with E-state index in [1.54, 1.807) is 0 Å². The molecule has 5 nitrogen and oxygen atoms in total. The molecule has 0 amide bonds. The van der Waals surface area contributed by atoms with Crippen molar-refractivity contribution < 1.29 is 14.4 Å². The molecule has 0 spiro atoms. The van der Waals surface area contributed by atoms with Gasteiger partial charge in [0.1, 0.15) is 11.9 Å². The van der Waals surface area contributed by atoms with Crippen LogP contribution in [0.15, 0.2) is 34.9 Å². The van der Waals surface area contributed by atoms with Crippen molar-refractivity contribution in [1.29, 1.82) is 0 Å². The van der Waals surface area contributed by atoms with Gasteiger partial charge in [-0.3, -0.25) is 0 Å². The van der Waals surface area contributed by atoms with E-state index in [2.05, 4.69) is 10.1 Å². The van der Waals surface area contributed by atoms with E-state index in [1.807, 2.05) is 37.3 Å². The highest BCUT2D eigenvalue weighted by Gasteiger charge is 2.14. The zero-order valence-corrected chi connectivity index (χ0v) is 11.0. The van der Waals surface area contributed by atoms with Crippen molar-refractivity contribution in [3.63, 3.8) is 0 Å². The Morgan fingerprint density at radius 1 is 1.32 bits per heavy atom. The maximum Gasteiger partial charge on any atom is 0.230 e. The van der Waals surface area contributed by atoms with Crippen molar-refractivity contribution in [3.8, 4) is 5.75 Å². The summed E-state index contributed by atoms with van der Waals surface area (Å²) < 4.78 is 10.6. The van der Waals surface area contributed by atoms with Crippen LogP contribution in [-0.2, 0) is 6.42 Å². The number of aliphatic hydroxyl groups is 1. The Morgan fingerprint density at radius 3 is 2.84 bits per heavy atom. The number of rotatable bonds is 7. The molecule has 0 saturated carbocycles. The smallest absolute Gasteiger partial charge is 0.230 e. The third-order valence-electron chi connectivity index (χ3n) is 2.67. The average Bonchev–Trinajstić information content (AvgIpc) is 2.89. The molecule has 1 aromatic carbocycles. The van der Waals surface area contributed by atoms with E-state index < -0.39 is 6.10 Å². The number of hydrogen-bond donors (Lipinski definition) is 1.